The van der Waals surface area contributed by atoms with Gasteiger partial charge in [0.05, 0.1) is 5.69 Å². The Morgan fingerprint density at radius 2 is 1.59 bits per heavy atom. The van der Waals surface area contributed by atoms with Crippen molar-refractivity contribution in [2.45, 2.75) is 38.4 Å². The van der Waals surface area contributed by atoms with E-state index in [1.165, 1.54) is 50.2 Å². The van der Waals surface area contributed by atoms with E-state index in [1.54, 1.807) is 5.56 Å². The average molecular weight is 397 g/mol. The Morgan fingerprint density at radius 3 is 2.21 bits per heavy atom. The minimum absolute atomic E-state index is 0.753. The van der Waals surface area contributed by atoms with Gasteiger partial charge >= 0.3 is 11.9 Å². The van der Waals surface area contributed by atoms with Crippen LogP contribution in [-0.4, -0.2) is 62.6 Å². The Labute approximate surface area is 170 Å². The quantitative estimate of drug-likeness (QED) is 0.767. The lowest BCUT2D eigenvalue weighted by atomic mass is 9.95. The fraction of sp³-hybridized carbons (Fsp3) is 0.409. The molecule has 0 amide bonds. The van der Waals surface area contributed by atoms with Crippen molar-refractivity contribution in [2.24, 2.45) is 0 Å². The number of aliphatic carboxylic acids is 2. The molecule has 2 aliphatic heterocycles. The highest BCUT2D eigenvalue weighted by Gasteiger charge is 2.27. The van der Waals surface area contributed by atoms with Crippen LogP contribution >= 0.6 is 0 Å². The molecule has 1 saturated heterocycles. The van der Waals surface area contributed by atoms with Crippen LogP contribution in [0.2, 0.25) is 0 Å². The van der Waals surface area contributed by atoms with Crippen LogP contribution in [0.15, 0.2) is 48.7 Å². The topological polar surface area (TPSA) is 94.0 Å². The maximum Gasteiger partial charge on any atom is 0.414 e. The first-order valence-corrected chi connectivity index (χ1v) is 9.92. The lowest BCUT2D eigenvalue weighted by Crippen LogP contribution is -2.46. The highest BCUT2D eigenvalue weighted by Crippen LogP contribution is 2.25. The van der Waals surface area contributed by atoms with Crippen LogP contribution < -0.4 is 0 Å². The standard InChI is InChI=1S/C20H25N3.C2H2O4/c1-2-6-18-15-23(14-8-17(18)5-1)20-9-12-22(13-10-20)16-19-7-3-4-11-21-19;3-1(4)2(5)6/h1-7,11,20H,8-10,12-16H2;(H,3,4)(H,5,6). The predicted molar refractivity (Wildman–Crippen MR) is 108 cm³/mol. The van der Waals surface area contributed by atoms with E-state index in [-0.39, 0.29) is 0 Å². The van der Waals surface area contributed by atoms with Crippen molar-refractivity contribution in [2.75, 3.05) is 19.6 Å². The molecule has 3 heterocycles. The third-order valence-electron chi connectivity index (χ3n) is 5.53. The van der Waals surface area contributed by atoms with Gasteiger partial charge in [0, 0.05) is 45.0 Å². The molecule has 1 aromatic carbocycles. The lowest BCUT2D eigenvalue weighted by Gasteiger charge is -2.40. The van der Waals surface area contributed by atoms with E-state index in [0.717, 1.165) is 19.1 Å². The van der Waals surface area contributed by atoms with Crippen LogP contribution in [0.4, 0.5) is 0 Å². The van der Waals surface area contributed by atoms with Gasteiger partial charge in [0.2, 0.25) is 0 Å². The molecule has 2 aliphatic rings. The molecule has 0 atom stereocenters. The van der Waals surface area contributed by atoms with Gasteiger partial charge in [0.15, 0.2) is 0 Å². The van der Waals surface area contributed by atoms with Crippen LogP contribution in [0.5, 0.6) is 0 Å². The molecule has 0 bridgehead atoms. The summed E-state index contributed by atoms with van der Waals surface area (Å²) < 4.78 is 0. The summed E-state index contributed by atoms with van der Waals surface area (Å²) in [5.41, 5.74) is 4.28. The zero-order valence-electron chi connectivity index (χ0n) is 16.4. The molecular formula is C22H27N3O4. The largest absolute Gasteiger partial charge is 0.473 e. The number of likely N-dealkylation sites (tertiary alicyclic amines) is 1. The zero-order chi connectivity index (χ0) is 20.6. The fourth-order valence-corrected chi connectivity index (χ4v) is 3.99. The molecule has 0 spiro atoms. The molecule has 0 saturated carbocycles. The number of benzene rings is 1. The van der Waals surface area contributed by atoms with E-state index in [9.17, 15) is 0 Å². The van der Waals surface area contributed by atoms with Crippen molar-refractivity contribution < 1.29 is 19.8 Å². The number of carbonyl (C=O) groups is 2. The number of hydrogen-bond donors (Lipinski definition) is 2. The molecule has 0 radical (unpaired) electrons. The van der Waals surface area contributed by atoms with Gasteiger partial charge < -0.3 is 10.2 Å². The highest BCUT2D eigenvalue weighted by atomic mass is 16.4. The number of carboxylic acid groups (broad SMARTS) is 2. The fourth-order valence-electron chi connectivity index (χ4n) is 3.99. The molecule has 2 aromatic rings. The number of fused-ring (bicyclic) bond motifs is 1. The summed E-state index contributed by atoms with van der Waals surface area (Å²) in [5, 5.41) is 14.8. The van der Waals surface area contributed by atoms with Gasteiger partial charge in [-0.25, -0.2) is 9.59 Å². The van der Waals surface area contributed by atoms with E-state index in [4.69, 9.17) is 19.8 Å². The number of rotatable bonds is 3. The SMILES string of the molecule is O=C(O)C(=O)O.c1ccc(CN2CCC(N3CCc4ccccc4C3)CC2)nc1. The molecule has 0 unspecified atom stereocenters. The predicted octanol–water partition coefficient (Wildman–Crippen LogP) is 2.26. The van der Waals surface area contributed by atoms with Crippen LogP contribution in [0.3, 0.4) is 0 Å². The van der Waals surface area contributed by atoms with E-state index in [2.05, 4.69) is 51.2 Å². The number of carboxylic acids is 2. The Morgan fingerprint density at radius 1 is 0.931 bits per heavy atom. The first-order chi connectivity index (χ1) is 14.0. The summed E-state index contributed by atoms with van der Waals surface area (Å²) in [4.78, 5) is 27.9. The number of piperidine rings is 1. The van der Waals surface area contributed by atoms with Crippen molar-refractivity contribution in [1.29, 1.82) is 0 Å². The molecule has 154 valence electrons. The van der Waals surface area contributed by atoms with Crippen molar-refractivity contribution in [3.05, 3.63) is 65.5 Å². The first-order valence-electron chi connectivity index (χ1n) is 9.92. The maximum absolute atomic E-state index is 9.10. The summed E-state index contributed by atoms with van der Waals surface area (Å²) >= 11 is 0. The van der Waals surface area contributed by atoms with Gasteiger partial charge in [-0.05, 0) is 42.5 Å². The minimum Gasteiger partial charge on any atom is -0.473 e. The Hall–Kier alpha value is -2.77. The smallest absolute Gasteiger partial charge is 0.414 e. The Kier molecular flexibility index (Phi) is 7.32. The van der Waals surface area contributed by atoms with Crippen LogP contribution in [-0.2, 0) is 29.1 Å². The first kappa shape index (κ1) is 21.0. The van der Waals surface area contributed by atoms with Gasteiger partial charge in [-0.2, -0.15) is 0 Å². The second kappa shape index (κ2) is 10.1. The van der Waals surface area contributed by atoms with E-state index in [0.29, 0.717) is 0 Å². The monoisotopic (exact) mass is 397 g/mol. The van der Waals surface area contributed by atoms with E-state index >= 15 is 0 Å². The van der Waals surface area contributed by atoms with Crippen LogP contribution in [0.1, 0.15) is 29.7 Å². The molecule has 7 nitrogen and oxygen atoms in total. The molecule has 1 aromatic heterocycles. The molecule has 2 N–H and O–H groups in total. The third kappa shape index (κ3) is 6.10. The van der Waals surface area contributed by atoms with Crippen molar-refractivity contribution in [3.63, 3.8) is 0 Å². The Bertz CT molecular complexity index is 808. The number of pyridine rings is 1. The molecule has 1 fully saturated rings. The Balaban J connectivity index is 0.000000353. The van der Waals surface area contributed by atoms with Crippen LogP contribution in [0, 0.1) is 0 Å². The zero-order valence-corrected chi connectivity index (χ0v) is 16.4. The second-order valence-corrected chi connectivity index (χ2v) is 7.43. The minimum atomic E-state index is -1.82. The summed E-state index contributed by atoms with van der Waals surface area (Å²) in [6.07, 6.45) is 5.68. The maximum atomic E-state index is 9.10. The summed E-state index contributed by atoms with van der Waals surface area (Å²) in [6, 6.07) is 15.9. The average Bonchev–Trinajstić information content (AvgIpc) is 2.75. The normalized spacial score (nSPS) is 17.7. The van der Waals surface area contributed by atoms with Gasteiger partial charge in [-0.15, -0.1) is 0 Å². The second-order valence-electron chi connectivity index (χ2n) is 7.43. The molecule has 7 heteroatoms. The van der Waals surface area contributed by atoms with Gasteiger partial charge in [-0.1, -0.05) is 30.3 Å². The number of hydrogen-bond acceptors (Lipinski definition) is 5. The number of nitrogens with zero attached hydrogens (tertiary/aromatic N) is 3. The molecular weight excluding hydrogens is 370 g/mol. The number of aromatic nitrogens is 1. The van der Waals surface area contributed by atoms with Crippen LogP contribution in [0.25, 0.3) is 0 Å². The van der Waals surface area contributed by atoms with Crippen molar-refractivity contribution >= 4 is 11.9 Å². The highest BCUT2D eigenvalue weighted by molar-refractivity contribution is 6.27. The summed E-state index contributed by atoms with van der Waals surface area (Å²) in [6.45, 7) is 5.75. The van der Waals surface area contributed by atoms with Gasteiger partial charge in [0.1, 0.15) is 0 Å². The summed E-state index contributed by atoms with van der Waals surface area (Å²) in [5.74, 6) is -3.65. The molecule has 0 aliphatic carbocycles. The van der Waals surface area contributed by atoms with Crippen molar-refractivity contribution in [1.82, 2.24) is 14.8 Å². The lowest BCUT2D eigenvalue weighted by molar-refractivity contribution is -0.159. The van der Waals surface area contributed by atoms with E-state index in [1.807, 2.05) is 12.3 Å². The summed E-state index contributed by atoms with van der Waals surface area (Å²) in [7, 11) is 0. The van der Waals surface area contributed by atoms with E-state index < -0.39 is 11.9 Å². The van der Waals surface area contributed by atoms with Crippen molar-refractivity contribution in [3.8, 4) is 0 Å². The third-order valence-corrected chi connectivity index (χ3v) is 5.53. The van der Waals surface area contributed by atoms with Gasteiger partial charge in [-0.3, -0.25) is 14.8 Å². The molecule has 29 heavy (non-hydrogen) atoms. The molecule has 4 rings (SSSR count). The van der Waals surface area contributed by atoms with Gasteiger partial charge in [0.25, 0.3) is 0 Å².